The van der Waals surface area contributed by atoms with Crippen LogP contribution in [-0.2, 0) is 9.53 Å². The summed E-state index contributed by atoms with van der Waals surface area (Å²) in [7, 11) is 0. The predicted molar refractivity (Wildman–Crippen MR) is 35.7 cm³/mol. The van der Waals surface area contributed by atoms with Gasteiger partial charge < -0.3 is 4.74 Å². The number of ether oxygens (including phenoxy) is 1. The van der Waals surface area contributed by atoms with Crippen molar-refractivity contribution in [1.29, 1.82) is 0 Å². The topological polar surface area (TPSA) is 26.3 Å². The lowest BCUT2D eigenvalue weighted by Gasteiger charge is -2.08. The van der Waals surface area contributed by atoms with Gasteiger partial charge in [0, 0.05) is 0 Å². The van der Waals surface area contributed by atoms with Gasteiger partial charge in [0.25, 0.3) is 0 Å². The Morgan fingerprint density at radius 1 is 1.44 bits per heavy atom. The largest absolute Gasteiger partial charge is 0.463 e. The molecular weight excluding hydrogens is 116 g/mol. The summed E-state index contributed by atoms with van der Waals surface area (Å²) in [5.74, 6) is -0.489. The van der Waals surface area contributed by atoms with E-state index in [9.17, 15) is 4.79 Å². The third-order valence-corrected chi connectivity index (χ3v) is 0.754. The molecule has 0 heterocycles. The molecule has 0 bridgehead atoms. The molecule has 0 aromatic carbocycles. The van der Waals surface area contributed by atoms with E-state index in [0.717, 1.165) is 0 Å². The second kappa shape index (κ2) is 3.49. The lowest BCUT2D eigenvalue weighted by atomic mass is 10.2. The zero-order valence-electron chi connectivity index (χ0n) is 6.18. The SMILES string of the molecule is [CH2]C(C)C(=O)OC(C)C. The number of carbonyl (C=O) groups excluding carboxylic acids is 1. The zero-order chi connectivity index (χ0) is 7.44. The van der Waals surface area contributed by atoms with E-state index in [1.165, 1.54) is 0 Å². The molecule has 0 rings (SSSR count). The van der Waals surface area contributed by atoms with Gasteiger partial charge in [0.15, 0.2) is 0 Å². The van der Waals surface area contributed by atoms with Crippen molar-refractivity contribution in [2.75, 3.05) is 0 Å². The Labute approximate surface area is 56.2 Å². The monoisotopic (exact) mass is 129 g/mol. The molecule has 0 aliphatic heterocycles. The van der Waals surface area contributed by atoms with Crippen LogP contribution in [0.5, 0.6) is 0 Å². The maximum Gasteiger partial charge on any atom is 0.308 e. The van der Waals surface area contributed by atoms with Crippen molar-refractivity contribution in [2.45, 2.75) is 26.9 Å². The molecule has 1 unspecified atom stereocenters. The van der Waals surface area contributed by atoms with E-state index in [2.05, 4.69) is 6.92 Å². The van der Waals surface area contributed by atoms with Crippen molar-refractivity contribution in [3.8, 4) is 0 Å². The van der Waals surface area contributed by atoms with Gasteiger partial charge in [0.1, 0.15) is 0 Å². The molecule has 0 fully saturated rings. The summed E-state index contributed by atoms with van der Waals surface area (Å²) < 4.78 is 4.81. The highest BCUT2D eigenvalue weighted by Gasteiger charge is 2.08. The van der Waals surface area contributed by atoms with Gasteiger partial charge in [-0.3, -0.25) is 4.79 Å². The predicted octanol–water partition coefficient (Wildman–Crippen LogP) is 1.41. The highest BCUT2D eigenvalue weighted by Crippen LogP contribution is 1.98. The maximum atomic E-state index is 10.7. The van der Waals surface area contributed by atoms with Crippen LogP contribution in [0.1, 0.15) is 20.8 Å². The van der Waals surface area contributed by atoms with Gasteiger partial charge in [-0.15, -0.1) is 0 Å². The quantitative estimate of drug-likeness (QED) is 0.527. The van der Waals surface area contributed by atoms with Gasteiger partial charge >= 0.3 is 5.97 Å². The van der Waals surface area contributed by atoms with Crippen LogP contribution in [0.2, 0.25) is 0 Å². The first-order chi connectivity index (χ1) is 4.04. The van der Waals surface area contributed by atoms with Crippen molar-refractivity contribution in [2.24, 2.45) is 5.92 Å². The van der Waals surface area contributed by atoms with Crippen molar-refractivity contribution >= 4 is 5.97 Å². The number of hydrogen-bond donors (Lipinski definition) is 0. The summed E-state index contributed by atoms with van der Waals surface area (Å²) in [4.78, 5) is 10.7. The first-order valence-corrected chi connectivity index (χ1v) is 3.07. The molecule has 0 N–H and O–H groups in total. The third kappa shape index (κ3) is 4.01. The molecule has 0 aliphatic carbocycles. The average Bonchev–Trinajstić information content (AvgIpc) is 1.63. The molecule has 0 spiro atoms. The van der Waals surface area contributed by atoms with Crippen molar-refractivity contribution in [3.05, 3.63) is 6.92 Å². The van der Waals surface area contributed by atoms with E-state index in [1.54, 1.807) is 6.92 Å². The molecule has 1 radical (unpaired) electrons. The summed E-state index contributed by atoms with van der Waals surface area (Å²) in [6, 6.07) is 0. The van der Waals surface area contributed by atoms with E-state index < -0.39 is 0 Å². The Hall–Kier alpha value is -0.530. The molecule has 9 heavy (non-hydrogen) atoms. The Morgan fingerprint density at radius 3 is 2.00 bits per heavy atom. The van der Waals surface area contributed by atoms with E-state index in [-0.39, 0.29) is 18.0 Å². The molecule has 2 heteroatoms. The summed E-state index contributed by atoms with van der Waals surface area (Å²) in [6.45, 7) is 8.87. The highest BCUT2D eigenvalue weighted by molar-refractivity contribution is 5.72. The molecule has 0 aliphatic rings. The minimum Gasteiger partial charge on any atom is -0.463 e. The van der Waals surface area contributed by atoms with Gasteiger partial charge in [-0.25, -0.2) is 0 Å². The number of rotatable bonds is 2. The first-order valence-electron chi connectivity index (χ1n) is 3.07. The molecule has 1 atom stereocenters. The fraction of sp³-hybridized carbons (Fsp3) is 0.714. The second-order valence-electron chi connectivity index (χ2n) is 2.39. The average molecular weight is 129 g/mol. The third-order valence-electron chi connectivity index (χ3n) is 0.754. The van der Waals surface area contributed by atoms with Gasteiger partial charge in [-0.05, 0) is 20.8 Å². The number of carbonyl (C=O) groups is 1. The summed E-state index contributed by atoms with van der Waals surface area (Å²) in [5.41, 5.74) is 0. The lowest BCUT2D eigenvalue weighted by molar-refractivity contribution is -0.150. The Morgan fingerprint density at radius 2 is 1.89 bits per heavy atom. The smallest absolute Gasteiger partial charge is 0.308 e. The van der Waals surface area contributed by atoms with Crippen LogP contribution in [0.15, 0.2) is 0 Å². The second-order valence-corrected chi connectivity index (χ2v) is 2.39. The Kier molecular flexibility index (Phi) is 3.28. The van der Waals surface area contributed by atoms with Crippen LogP contribution < -0.4 is 0 Å². The van der Waals surface area contributed by atoms with Crippen LogP contribution in [0, 0.1) is 12.8 Å². The van der Waals surface area contributed by atoms with Crippen molar-refractivity contribution < 1.29 is 9.53 Å². The fourth-order valence-corrected chi connectivity index (χ4v) is 0.348. The van der Waals surface area contributed by atoms with Crippen LogP contribution in [0.25, 0.3) is 0 Å². The zero-order valence-corrected chi connectivity index (χ0v) is 6.18. The first kappa shape index (κ1) is 8.47. The van der Waals surface area contributed by atoms with Gasteiger partial charge in [-0.1, -0.05) is 6.92 Å². The van der Waals surface area contributed by atoms with Crippen LogP contribution in [-0.4, -0.2) is 12.1 Å². The Bertz CT molecular complexity index is 95.1. The van der Waals surface area contributed by atoms with Crippen LogP contribution >= 0.6 is 0 Å². The highest BCUT2D eigenvalue weighted by atomic mass is 16.5. The Balaban J connectivity index is 3.51. The number of hydrogen-bond acceptors (Lipinski definition) is 2. The van der Waals surface area contributed by atoms with Crippen LogP contribution in [0.4, 0.5) is 0 Å². The molecular formula is C7H13O2. The molecule has 53 valence electrons. The van der Waals surface area contributed by atoms with E-state index in [4.69, 9.17) is 4.74 Å². The minimum absolute atomic E-state index is 0.0262. The van der Waals surface area contributed by atoms with Crippen molar-refractivity contribution in [3.63, 3.8) is 0 Å². The lowest BCUT2D eigenvalue weighted by Crippen LogP contribution is -2.16. The van der Waals surface area contributed by atoms with E-state index in [1.807, 2.05) is 13.8 Å². The molecule has 0 saturated heterocycles. The summed E-state index contributed by atoms with van der Waals surface area (Å²) in [5, 5.41) is 0. The minimum atomic E-state index is -0.257. The fourth-order valence-electron chi connectivity index (χ4n) is 0.348. The van der Waals surface area contributed by atoms with Crippen molar-refractivity contribution in [1.82, 2.24) is 0 Å². The summed E-state index contributed by atoms with van der Waals surface area (Å²) in [6.07, 6.45) is -0.0262. The molecule has 0 aromatic heterocycles. The standard InChI is InChI=1S/C7H13O2/c1-5(2)7(8)9-6(3)4/h5-6H,1H2,2-4H3. The van der Waals surface area contributed by atoms with Gasteiger partial charge in [0.05, 0.1) is 12.0 Å². The van der Waals surface area contributed by atoms with E-state index >= 15 is 0 Å². The maximum absolute atomic E-state index is 10.7. The van der Waals surface area contributed by atoms with E-state index in [0.29, 0.717) is 0 Å². The number of esters is 1. The summed E-state index contributed by atoms with van der Waals surface area (Å²) >= 11 is 0. The van der Waals surface area contributed by atoms with Crippen LogP contribution in [0.3, 0.4) is 0 Å². The van der Waals surface area contributed by atoms with Gasteiger partial charge in [-0.2, -0.15) is 0 Å². The molecule has 0 aromatic rings. The molecule has 0 saturated carbocycles. The normalized spacial score (nSPS) is 10.4. The molecule has 0 amide bonds. The molecule has 2 nitrogen and oxygen atoms in total. The van der Waals surface area contributed by atoms with Gasteiger partial charge in [0.2, 0.25) is 0 Å².